The van der Waals surface area contributed by atoms with E-state index in [0.29, 0.717) is 31.8 Å². The molecule has 0 bridgehead atoms. The van der Waals surface area contributed by atoms with Crippen molar-refractivity contribution < 1.29 is 18.6 Å². The second-order valence-electron chi connectivity index (χ2n) is 7.88. The molecule has 3 aliphatic heterocycles. The van der Waals surface area contributed by atoms with Crippen molar-refractivity contribution in [1.29, 1.82) is 5.41 Å². The molecule has 8 nitrogen and oxygen atoms in total. The number of rotatable bonds is 5. The number of nitrogens with one attached hydrogen (secondary N) is 2. The lowest BCUT2D eigenvalue weighted by molar-refractivity contribution is -0.175. The Bertz CT molecular complexity index is 904. The number of alkyl halides is 2. The van der Waals surface area contributed by atoms with Gasteiger partial charge < -0.3 is 31.2 Å². The average molecular weight is 432 g/mol. The number of hydrogen-bond donors (Lipinski definition) is 4. The third-order valence-electron chi connectivity index (χ3n) is 5.51. The van der Waals surface area contributed by atoms with Gasteiger partial charge in [0.1, 0.15) is 5.84 Å². The minimum absolute atomic E-state index is 0.0702. The molecule has 0 aromatic heterocycles. The molecule has 4 rings (SSSR count). The Kier molecular flexibility index (Phi) is 6.03. The summed E-state index contributed by atoms with van der Waals surface area (Å²) in [5.74, 6) is -3.08. The highest BCUT2D eigenvalue weighted by Crippen LogP contribution is 2.39. The van der Waals surface area contributed by atoms with E-state index >= 15 is 0 Å². The van der Waals surface area contributed by atoms with Crippen molar-refractivity contribution in [3.8, 4) is 0 Å². The molecule has 3 atom stereocenters. The van der Waals surface area contributed by atoms with Crippen LogP contribution in [0.4, 0.5) is 14.5 Å². The van der Waals surface area contributed by atoms with Gasteiger partial charge in [0.25, 0.3) is 5.92 Å². The zero-order valence-corrected chi connectivity index (χ0v) is 16.9. The summed E-state index contributed by atoms with van der Waals surface area (Å²) in [6, 6.07) is 9.62. The van der Waals surface area contributed by atoms with Crippen molar-refractivity contribution >= 4 is 17.2 Å². The number of nitrogens with zero attached hydrogens (tertiary/aromatic N) is 3. The van der Waals surface area contributed by atoms with Crippen LogP contribution in [0.25, 0.3) is 0 Å². The summed E-state index contributed by atoms with van der Waals surface area (Å²) in [5.41, 5.74) is 7.77. The molecule has 0 radical (unpaired) electrons. The van der Waals surface area contributed by atoms with E-state index in [9.17, 15) is 13.9 Å². The molecule has 10 heteroatoms. The number of aliphatic hydroxyl groups excluding tert-OH is 1. The highest BCUT2D eigenvalue weighted by molar-refractivity contribution is 5.99. The van der Waals surface area contributed by atoms with Crippen LogP contribution in [0.15, 0.2) is 59.4 Å². The van der Waals surface area contributed by atoms with E-state index in [-0.39, 0.29) is 5.84 Å². The number of aliphatic imine (C=N–C) groups is 1. The van der Waals surface area contributed by atoms with Crippen molar-refractivity contribution in [2.24, 2.45) is 10.7 Å². The van der Waals surface area contributed by atoms with E-state index in [1.165, 1.54) is 12.3 Å². The quantitative estimate of drug-likeness (QED) is 0.566. The topological polar surface area (TPSA) is 110 Å². The van der Waals surface area contributed by atoms with Crippen molar-refractivity contribution in [3.63, 3.8) is 0 Å². The zero-order valence-electron chi connectivity index (χ0n) is 16.9. The first-order valence-corrected chi connectivity index (χ1v) is 10.1. The summed E-state index contributed by atoms with van der Waals surface area (Å²) in [4.78, 5) is 6.70. The van der Waals surface area contributed by atoms with E-state index < -0.39 is 31.0 Å². The van der Waals surface area contributed by atoms with Gasteiger partial charge in [0, 0.05) is 61.8 Å². The molecule has 0 spiro atoms. The van der Waals surface area contributed by atoms with E-state index in [1.54, 1.807) is 6.20 Å². The predicted octanol–water partition coefficient (Wildman–Crippen LogP) is 1.92. The lowest BCUT2D eigenvalue weighted by atomic mass is 10.0. The molecular formula is C21H26F2N6O2. The average Bonchev–Trinajstić information content (AvgIpc) is 3.02. The molecule has 5 N–H and O–H groups in total. The standard InChI is InChI=1S/C21H26F2N6O2/c22-21(23)10-16(31-19(21)29-9-7-18(25)27-20(29)30)13-28-8-6-17(24)14(12-28)11-26-15-4-2-1-3-5-15/h1-5,7,9,11,16,19-20,24,26,30H,6,8,10,12-13H2,(H2,25,27)/b14-11-,24-17?/t16-,19+,20?/m0/s1. The smallest absolute Gasteiger partial charge is 0.294 e. The van der Waals surface area contributed by atoms with Gasteiger partial charge in [-0.3, -0.25) is 4.90 Å². The van der Waals surface area contributed by atoms with Crippen LogP contribution in [0.1, 0.15) is 12.8 Å². The second-order valence-corrected chi connectivity index (χ2v) is 7.88. The number of likely N-dealkylation sites (tertiary alicyclic amines) is 1. The molecule has 0 saturated carbocycles. The van der Waals surface area contributed by atoms with E-state index in [0.717, 1.165) is 16.2 Å². The number of aliphatic hydroxyl groups is 1. The number of hydrogen-bond acceptors (Lipinski definition) is 8. The highest BCUT2D eigenvalue weighted by atomic mass is 19.3. The molecule has 166 valence electrons. The molecule has 1 aromatic rings. The van der Waals surface area contributed by atoms with E-state index in [2.05, 4.69) is 10.3 Å². The van der Waals surface area contributed by atoms with Crippen LogP contribution in [-0.2, 0) is 4.74 Å². The van der Waals surface area contributed by atoms with Gasteiger partial charge in [-0.05, 0) is 18.2 Å². The zero-order chi connectivity index (χ0) is 22.0. The van der Waals surface area contributed by atoms with Crippen LogP contribution in [0.5, 0.6) is 0 Å². The molecule has 3 aliphatic rings. The van der Waals surface area contributed by atoms with E-state index in [4.69, 9.17) is 15.9 Å². The van der Waals surface area contributed by atoms with Crippen molar-refractivity contribution in [3.05, 3.63) is 54.4 Å². The number of piperidine rings is 1. The van der Waals surface area contributed by atoms with Crippen LogP contribution in [0, 0.1) is 5.41 Å². The number of anilines is 1. The fourth-order valence-corrected chi connectivity index (χ4v) is 3.94. The Hall–Kier alpha value is -2.82. The molecule has 0 amide bonds. The van der Waals surface area contributed by atoms with Gasteiger partial charge in [-0.15, -0.1) is 0 Å². The maximum Gasteiger partial charge on any atom is 0.294 e. The molecule has 3 heterocycles. The van der Waals surface area contributed by atoms with Gasteiger partial charge in [0.05, 0.1) is 6.10 Å². The normalized spacial score (nSPS) is 30.0. The number of nitrogens with two attached hydrogens (primary N) is 1. The summed E-state index contributed by atoms with van der Waals surface area (Å²) in [7, 11) is 0. The third kappa shape index (κ3) is 4.92. The first-order valence-electron chi connectivity index (χ1n) is 10.1. The Morgan fingerprint density at radius 3 is 2.87 bits per heavy atom. The van der Waals surface area contributed by atoms with Crippen LogP contribution in [0.3, 0.4) is 0 Å². The van der Waals surface area contributed by atoms with Gasteiger partial charge in [-0.1, -0.05) is 18.2 Å². The molecule has 2 fully saturated rings. The van der Waals surface area contributed by atoms with Gasteiger partial charge in [0.2, 0.25) is 6.35 Å². The summed E-state index contributed by atoms with van der Waals surface area (Å²) in [5, 5.41) is 21.4. The van der Waals surface area contributed by atoms with Crippen molar-refractivity contribution in [1.82, 2.24) is 9.80 Å². The maximum absolute atomic E-state index is 14.6. The maximum atomic E-state index is 14.6. The Balaban J connectivity index is 1.38. The largest absolute Gasteiger partial charge is 0.384 e. The van der Waals surface area contributed by atoms with Crippen LogP contribution < -0.4 is 11.1 Å². The van der Waals surface area contributed by atoms with Crippen LogP contribution in [0.2, 0.25) is 0 Å². The number of halogens is 2. The van der Waals surface area contributed by atoms with Crippen molar-refractivity contribution in [2.45, 2.75) is 37.4 Å². The SMILES string of the molecule is N=C1CCN(C[C@@H]2CC(F)(F)[C@H](N3C=CC(N)=NC3O)O2)C/C1=C/Nc1ccccc1. The lowest BCUT2D eigenvalue weighted by Gasteiger charge is -2.34. The molecular weight excluding hydrogens is 406 g/mol. The lowest BCUT2D eigenvalue weighted by Crippen LogP contribution is -2.49. The highest BCUT2D eigenvalue weighted by Gasteiger charge is 2.54. The Morgan fingerprint density at radius 2 is 2.13 bits per heavy atom. The van der Waals surface area contributed by atoms with Gasteiger partial charge in [-0.2, -0.15) is 0 Å². The fourth-order valence-electron chi connectivity index (χ4n) is 3.94. The third-order valence-corrected chi connectivity index (χ3v) is 5.51. The summed E-state index contributed by atoms with van der Waals surface area (Å²) >= 11 is 0. The molecule has 1 unspecified atom stereocenters. The summed E-state index contributed by atoms with van der Waals surface area (Å²) < 4.78 is 34.9. The fraction of sp³-hybridized carbons (Fsp3) is 0.429. The predicted molar refractivity (Wildman–Crippen MR) is 114 cm³/mol. The number of ether oxygens (including phenoxy) is 1. The first kappa shape index (κ1) is 21.4. The molecule has 1 aromatic carbocycles. The van der Waals surface area contributed by atoms with Crippen LogP contribution in [-0.4, -0.2) is 70.7 Å². The number of benzene rings is 1. The summed E-state index contributed by atoms with van der Waals surface area (Å²) in [6.07, 6.45) is 0.693. The Morgan fingerprint density at radius 1 is 1.35 bits per heavy atom. The summed E-state index contributed by atoms with van der Waals surface area (Å²) in [6.45, 7) is 1.38. The minimum Gasteiger partial charge on any atom is -0.384 e. The van der Waals surface area contributed by atoms with Crippen LogP contribution >= 0.6 is 0 Å². The van der Waals surface area contributed by atoms with Gasteiger partial charge in [-0.25, -0.2) is 13.8 Å². The first-order chi connectivity index (χ1) is 14.8. The minimum atomic E-state index is -3.15. The molecule has 0 aliphatic carbocycles. The second kappa shape index (κ2) is 8.74. The number of para-hydroxylation sites is 1. The van der Waals surface area contributed by atoms with Crippen molar-refractivity contribution in [2.75, 3.05) is 25.0 Å². The Labute approximate surface area is 179 Å². The molecule has 2 saturated heterocycles. The molecule has 31 heavy (non-hydrogen) atoms. The number of amidine groups is 1. The van der Waals surface area contributed by atoms with Gasteiger partial charge in [0.15, 0.2) is 6.23 Å². The monoisotopic (exact) mass is 432 g/mol. The van der Waals surface area contributed by atoms with Gasteiger partial charge >= 0.3 is 0 Å². The van der Waals surface area contributed by atoms with E-state index in [1.807, 2.05) is 35.2 Å².